The van der Waals surface area contributed by atoms with Crippen molar-refractivity contribution >= 4 is 22.6 Å². The average Bonchev–Trinajstić information content (AvgIpc) is 2.55. The lowest BCUT2D eigenvalue weighted by molar-refractivity contribution is 0.557. The number of benzene rings is 1. The molecule has 1 heterocycles. The topological polar surface area (TPSA) is 63.8 Å². The van der Waals surface area contributed by atoms with Gasteiger partial charge in [-0.2, -0.15) is 0 Å². The van der Waals surface area contributed by atoms with Gasteiger partial charge in [0.1, 0.15) is 0 Å². The van der Waals surface area contributed by atoms with Crippen LogP contribution in [0.1, 0.15) is 13.0 Å². The van der Waals surface area contributed by atoms with Gasteiger partial charge < -0.3 is 10.7 Å². The van der Waals surface area contributed by atoms with Crippen LogP contribution in [-0.4, -0.2) is 16.1 Å². The molecule has 0 bridgehead atoms. The van der Waals surface area contributed by atoms with Crippen molar-refractivity contribution in [1.82, 2.24) is 9.55 Å². The van der Waals surface area contributed by atoms with Gasteiger partial charge in [0.2, 0.25) is 0 Å². The van der Waals surface area contributed by atoms with Crippen LogP contribution in [0.4, 0.5) is 0 Å². The van der Waals surface area contributed by atoms with E-state index >= 15 is 0 Å². The molecule has 3 N–H and O–H groups in total. The number of aromatic nitrogens is 2. The minimum atomic E-state index is -0.170. The molecule has 4 nitrogen and oxygen atoms in total. The predicted molar refractivity (Wildman–Crippen MR) is 61.3 cm³/mol. The first-order valence-electron chi connectivity index (χ1n) is 4.74. The van der Waals surface area contributed by atoms with Crippen LogP contribution < -0.4 is 11.4 Å². The van der Waals surface area contributed by atoms with Crippen LogP contribution in [0.5, 0.6) is 0 Å². The lowest BCUT2D eigenvalue weighted by Crippen LogP contribution is -2.25. The molecule has 0 saturated carbocycles. The summed E-state index contributed by atoms with van der Waals surface area (Å²) in [5.41, 5.74) is 6.85. The van der Waals surface area contributed by atoms with Crippen LogP contribution in [-0.2, 0) is 0 Å². The van der Waals surface area contributed by atoms with Crippen molar-refractivity contribution in [2.45, 2.75) is 13.0 Å². The third-order valence-electron chi connectivity index (χ3n) is 2.48. The van der Waals surface area contributed by atoms with Crippen molar-refractivity contribution in [3.63, 3.8) is 0 Å². The summed E-state index contributed by atoms with van der Waals surface area (Å²) in [6.07, 6.45) is 0. The smallest absolute Gasteiger partial charge is 0.326 e. The van der Waals surface area contributed by atoms with Crippen molar-refractivity contribution in [2.24, 2.45) is 5.73 Å². The van der Waals surface area contributed by atoms with E-state index in [4.69, 9.17) is 17.3 Å². The van der Waals surface area contributed by atoms with Gasteiger partial charge in [0.15, 0.2) is 0 Å². The molecule has 1 aromatic heterocycles. The summed E-state index contributed by atoms with van der Waals surface area (Å²) in [4.78, 5) is 14.4. The number of hydrogen-bond acceptors (Lipinski definition) is 2. The monoisotopic (exact) mass is 225 g/mol. The molecule has 1 aromatic carbocycles. The van der Waals surface area contributed by atoms with Crippen LogP contribution in [0.3, 0.4) is 0 Å². The molecule has 0 fully saturated rings. The molecule has 0 spiro atoms. The molecule has 2 rings (SSSR count). The van der Waals surface area contributed by atoms with Crippen LogP contribution in [0.15, 0.2) is 23.0 Å². The number of nitrogens with one attached hydrogen (secondary N) is 1. The van der Waals surface area contributed by atoms with Crippen LogP contribution in [0.2, 0.25) is 5.02 Å². The largest absolute Gasteiger partial charge is 0.328 e. The molecule has 0 radical (unpaired) electrons. The van der Waals surface area contributed by atoms with Gasteiger partial charge in [0.05, 0.1) is 16.1 Å². The van der Waals surface area contributed by atoms with Crippen molar-refractivity contribution < 1.29 is 0 Å². The fourth-order valence-corrected chi connectivity index (χ4v) is 1.87. The molecule has 0 aliphatic carbocycles. The summed E-state index contributed by atoms with van der Waals surface area (Å²) in [6.45, 7) is 2.31. The summed E-state index contributed by atoms with van der Waals surface area (Å²) >= 11 is 5.98. The average molecular weight is 226 g/mol. The fourth-order valence-electron chi connectivity index (χ4n) is 1.66. The summed E-state index contributed by atoms with van der Waals surface area (Å²) < 4.78 is 1.63. The molecule has 5 heteroatoms. The standard InChI is InChI=1S/C10H12ClN3O/c1-6(5-12)14-8-4-2-3-7(11)9(8)13-10(14)15/h2-4,6H,5,12H2,1H3,(H,13,15). The van der Waals surface area contributed by atoms with E-state index in [1.807, 2.05) is 19.1 Å². The predicted octanol–water partition coefficient (Wildman–Crippen LogP) is 1.50. The third-order valence-corrected chi connectivity index (χ3v) is 2.80. The summed E-state index contributed by atoms with van der Waals surface area (Å²) in [7, 11) is 0. The normalized spacial score (nSPS) is 13.3. The number of halogens is 1. The number of fused-ring (bicyclic) bond motifs is 1. The van der Waals surface area contributed by atoms with Crippen LogP contribution >= 0.6 is 11.6 Å². The Morgan fingerprint density at radius 2 is 2.33 bits per heavy atom. The number of rotatable bonds is 2. The summed E-state index contributed by atoms with van der Waals surface area (Å²) in [6, 6.07) is 5.38. The van der Waals surface area contributed by atoms with Crippen LogP contribution in [0.25, 0.3) is 11.0 Å². The maximum Gasteiger partial charge on any atom is 0.326 e. The Morgan fingerprint density at radius 3 is 3.00 bits per heavy atom. The van der Waals surface area contributed by atoms with E-state index in [1.54, 1.807) is 10.6 Å². The second kappa shape index (κ2) is 3.72. The SMILES string of the molecule is CC(CN)n1c(=O)[nH]c2c(Cl)cccc21. The summed E-state index contributed by atoms with van der Waals surface area (Å²) in [5.74, 6) is 0. The molecule has 1 atom stereocenters. The first-order valence-corrected chi connectivity index (χ1v) is 5.11. The van der Waals surface area contributed by atoms with Gasteiger partial charge >= 0.3 is 5.69 Å². The molecule has 1 unspecified atom stereocenters. The van der Waals surface area contributed by atoms with Crippen molar-refractivity contribution in [1.29, 1.82) is 0 Å². The highest BCUT2D eigenvalue weighted by Gasteiger charge is 2.12. The molecular formula is C10H12ClN3O. The first kappa shape index (κ1) is 10.3. The fraction of sp³-hybridized carbons (Fsp3) is 0.300. The van der Waals surface area contributed by atoms with E-state index in [-0.39, 0.29) is 11.7 Å². The zero-order chi connectivity index (χ0) is 11.0. The van der Waals surface area contributed by atoms with Crippen molar-refractivity contribution in [3.8, 4) is 0 Å². The number of H-pyrrole nitrogens is 1. The van der Waals surface area contributed by atoms with E-state index in [0.717, 1.165) is 5.52 Å². The molecule has 0 aliphatic heterocycles. The van der Waals surface area contributed by atoms with Gasteiger partial charge in [-0.1, -0.05) is 17.7 Å². The maximum absolute atomic E-state index is 11.7. The Hall–Kier alpha value is -1.26. The Bertz CT molecular complexity index is 543. The molecular weight excluding hydrogens is 214 g/mol. The van der Waals surface area contributed by atoms with Crippen molar-refractivity contribution in [3.05, 3.63) is 33.7 Å². The van der Waals surface area contributed by atoms with E-state index in [0.29, 0.717) is 17.1 Å². The molecule has 0 aliphatic rings. The van der Waals surface area contributed by atoms with Gasteiger partial charge in [-0.05, 0) is 19.1 Å². The van der Waals surface area contributed by atoms with Crippen molar-refractivity contribution in [2.75, 3.05) is 6.54 Å². The third kappa shape index (κ3) is 1.56. The van der Waals surface area contributed by atoms with Gasteiger partial charge in [-0.15, -0.1) is 0 Å². The van der Waals surface area contributed by atoms with E-state index in [1.165, 1.54) is 0 Å². The zero-order valence-electron chi connectivity index (χ0n) is 8.33. The van der Waals surface area contributed by atoms with Gasteiger partial charge in [0, 0.05) is 12.6 Å². The number of para-hydroxylation sites is 1. The number of imidazole rings is 1. The number of nitrogens with two attached hydrogens (primary N) is 1. The lowest BCUT2D eigenvalue weighted by Gasteiger charge is -2.10. The minimum Gasteiger partial charge on any atom is -0.328 e. The summed E-state index contributed by atoms with van der Waals surface area (Å²) in [5, 5.41) is 0.549. The highest BCUT2D eigenvalue weighted by Crippen LogP contribution is 2.21. The maximum atomic E-state index is 11.7. The molecule has 80 valence electrons. The number of nitrogens with zero attached hydrogens (tertiary/aromatic N) is 1. The van der Waals surface area contributed by atoms with E-state index < -0.39 is 0 Å². The first-order chi connectivity index (χ1) is 7.15. The number of aromatic amines is 1. The van der Waals surface area contributed by atoms with Crippen LogP contribution in [0, 0.1) is 0 Å². The highest BCUT2D eigenvalue weighted by molar-refractivity contribution is 6.34. The molecule has 2 aromatic rings. The molecule has 0 amide bonds. The Labute approximate surface area is 91.7 Å². The highest BCUT2D eigenvalue weighted by atomic mass is 35.5. The zero-order valence-corrected chi connectivity index (χ0v) is 9.08. The molecule has 15 heavy (non-hydrogen) atoms. The Balaban J connectivity index is 2.80. The Kier molecular flexibility index (Phi) is 2.54. The molecule has 0 saturated heterocycles. The van der Waals surface area contributed by atoms with Gasteiger partial charge in [-0.25, -0.2) is 4.79 Å². The minimum absolute atomic E-state index is 0.0373. The number of hydrogen-bond donors (Lipinski definition) is 2. The quantitative estimate of drug-likeness (QED) is 0.814. The second-order valence-corrected chi connectivity index (χ2v) is 3.93. The van der Waals surface area contributed by atoms with Gasteiger partial charge in [-0.3, -0.25) is 4.57 Å². The van der Waals surface area contributed by atoms with Gasteiger partial charge in [0.25, 0.3) is 0 Å². The Morgan fingerprint density at radius 1 is 1.60 bits per heavy atom. The van der Waals surface area contributed by atoms with E-state index in [9.17, 15) is 4.79 Å². The van der Waals surface area contributed by atoms with E-state index in [2.05, 4.69) is 4.98 Å². The lowest BCUT2D eigenvalue weighted by atomic mass is 10.3. The second-order valence-electron chi connectivity index (χ2n) is 3.52.